The van der Waals surface area contributed by atoms with Crippen molar-refractivity contribution in [1.82, 2.24) is 4.90 Å². The Morgan fingerprint density at radius 3 is 2.82 bits per heavy atom. The molecule has 0 aliphatic carbocycles. The molecule has 0 spiro atoms. The molecule has 1 amide bonds. The van der Waals surface area contributed by atoms with E-state index in [0.29, 0.717) is 48.8 Å². The van der Waals surface area contributed by atoms with E-state index in [9.17, 15) is 13.6 Å². The van der Waals surface area contributed by atoms with Crippen molar-refractivity contribution in [2.75, 3.05) is 31.6 Å². The number of hydrogen-bond donors (Lipinski definition) is 1. The molecule has 146 valence electrons. The first-order chi connectivity index (χ1) is 13.6. The van der Waals surface area contributed by atoms with Gasteiger partial charge in [0.15, 0.2) is 0 Å². The first kappa shape index (κ1) is 18.6. The minimum atomic E-state index is -0.720. The summed E-state index contributed by atoms with van der Waals surface area (Å²) in [5.74, 6) is -0.504. The molecular formula is C21H21F2N3O2. The van der Waals surface area contributed by atoms with Gasteiger partial charge in [-0.25, -0.2) is 8.78 Å². The van der Waals surface area contributed by atoms with Crippen molar-refractivity contribution in [1.29, 1.82) is 0 Å². The highest BCUT2D eigenvalue weighted by molar-refractivity contribution is 6.12. The fourth-order valence-electron chi connectivity index (χ4n) is 3.47. The second kappa shape index (κ2) is 8.06. The lowest BCUT2D eigenvalue weighted by molar-refractivity contribution is -0.115. The SMILES string of the molecule is O=C1Nc2ccc(F)cc2C1C=Nc1ccc(OCCN2CCC(F)C2)cc1. The molecule has 7 heteroatoms. The molecular weight excluding hydrogens is 364 g/mol. The summed E-state index contributed by atoms with van der Waals surface area (Å²) in [6, 6.07) is 11.4. The fourth-order valence-corrected chi connectivity index (χ4v) is 3.47. The van der Waals surface area contributed by atoms with Gasteiger partial charge in [0, 0.05) is 31.5 Å². The molecule has 0 aromatic heterocycles. The number of aliphatic imine (C=N–C) groups is 1. The van der Waals surface area contributed by atoms with Gasteiger partial charge in [-0.1, -0.05) is 0 Å². The maximum atomic E-state index is 13.5. The zero-order valence-corrected chi connectivity index (χ0v) is 15.3. The van der Waals surface area contributed by atoms with Crippen molar-refractivity contribution in [3.8, 4) is 5.75 Å². The summed E-state index contributed by atoms with van der Waals surface area (Å²) in [4.78, 5) is 18.5. The van der Waals surface area contributed by atoms with Crippen LogP contribution in [-0.2, 0) is 4.79 Å². The predicted molar refractivity (Wildman–Crippen MR) is 104 cm³/mol. The molecule has 2 aliphatic rings. The normalized spacial score (nSPS) is 21.9. The van der Waals surface area contributed by atoms with Gasteiger partial charge in [0.05, 0.1) is 5.69 Å². The van der Waals surface area contributed by atoms with Crippen LogP contribution in [0.1, 0.15) is 17.9 Å². The van der Waals surface area contributed by atoms with Gasteiger partial charge in [0.25, 0.3) is 0 Å². The van der Waals surface area contributed by atoms with E-state index in [-0.39, 0.29) is 11.7 Å². The molecule has 2 aromatic rings. The number of alkyl halides is 1. The van der Waals surface area contributed by atoms with E-state index in [1.165, 1.54) is 18.3 Å². The third kappa shape index (κ3) is 4.20. The Morgan fingerprint density at radius 1 is 1.25 bits per heavy atom. The zero-order chi connectivity index (χ0) is 19.5. The van der Waals surface area contributed by atoms with Crippen molar-refractivity contribution >= 4 is 23.5 Å². The molecule has 1 fully saturated rings. The number of likely N-dealkylation sites (tertiary alicyclic amines) is 1. The number of anilines is 1. The third-order valence-electron chi connectivity index (χ3n) is 4.99. The van der Waals surface area contributed by atoms with Crippen LogP contribution in [0, 0.1) is 5.82 Å². The first-order valence-electron chi connectivity index (χ1n) is 9.32. The number of nitrogens with one attached hydrogen (secondary N) is 1. The lowest BCUT2D eigenvalue weighted by atomic mass is 10.0. The molecule has 4 rings (SSSR count). The molecule has 0 saturated carbocycles. The number of carbonyl (C=O) groups excluding carboxylic acids is 1. The largest absolute Gasteiger partial charge is 0.492 e. The zero-order valence-electron chi connectivity index (χ0n) is 15.3. The first-order valence-corrected chi connectivity index (χ1v) is 9.32. The Bertz CT molecular complexity index is 886. The van der Waals surface area contributed by atoms with Crippen LogP contribution >= 0.6 is 0 Å². The average Bonchev–Trinajstić information content (AvgIpc) is 3.23. The van der Waals surface area contributed by atoms with Crippen molar-refractivity contribution < 1.29 is 18.3 Å². The Balaban J connectivity index is 1.33. The van der Waals surface area contributed by atoms with E-state index in [2.05, 4.69) is 15.2 Å². The Morgan fingerprint density at radius 2 is 2.07 bits per heavy atom. The van der Waals surface area contributed by atoms with Crippen LogP contribution in [0.2, 0.25) is 0 Å². The molecule has 1 N–H and O–H groups in total. The monoisotopic (exact) mass is 385 g/mol. The number of halogens is 2. The van der Waals surface area contributed by atoms with Crippen LogP contribution in [0.25, 0.3) is 0 Å². The number of hydrogen-bond acceptors (Lipinski definition) is 4. The lowest BCUT2D eigenvalue weighted by Crippen LogP contribution is -2.26. The smallest absolute Gasteiger partial charge is 0.237 e. The van der Waals surface area contributed by atoms with Crippen LogP contribution in [0.15, 0.2) is 47.5 Å². The van der Waals surface area contributed by atoms with E-state index in [1.54, 1.807) is 30.3 Å². The summed E-state index contributed by atoms with van der Waals surface area (Å²) in [6.07, 6.45) is 1.41. The fraction of sp³-hybridized carbons (Fsp3) is 0.333. The van der Waals surface area contributed by atoms with Gasteiger partial charge in [-0.2, -0.15) is 0 Å². The molecule has 5 nitrogen and oxygen atoms in total. The van der Waals surface area contributed by atoms with Crippen LogP contribution in [0.5, 0.6) is 5.75 Å². The highest BCUT2D eigenvalue weighted by Crippen LogP contribution is 2.32. The molecule has 2 unspecified atom stereocenters. The van der Waals surface area contributed by atoms with Crippen molar-refractivity contribution in [3.05, 3.63) is 53.8 Å². The second-order valence-corrected chi connectivity index (χ2v) is 7.01. The molecule has 2 heterocycles. The van der Waals surface area contributed by atoms with E-state index in [0.717, 1.165) is 6.54 Å². The van der Waals surface area contributed by atoms with Crippen molar-refractivity contribution in [2.45, 2.75) is 18.5 Å². The van der Waals surface area contributed by atoms with Crippen LogP contribution in [-0.4, -0.2) is 49.4 Å². The number of carbonyl (C=O) groups is 1. The number of fused-ring (bicyclic) bond motifs is 1. The summed E-state index contributed by atoms with van der Waals surface area (Å²) < 4.78 is 32.3. The molecule has 2 aliphatic heterocycles. The standard InChI is InChI=1S/C21H21F2N3O2/c22-14-1-6-20-18(11-14)19(21(27)25-20)12-24-16-2-4-17(5-3-16)28-10-9-26-8-7-15(23)13-26/h1-6,11-12,15,19H,7-10,13H2,(H,25,27). The number of amides is 1. The lowest BCUT2D eigenvalue weighted by Gasteiger charge is -2.14. The molecule has 28 heavy (non-hydrogen) atoms. The topological polar surface area (TPSA) is 53.9 Å². The van der Waals surface area contributed by atoms with E-state index < -0.39 is 12.1 Å². The van der Waals surface area contributed by atoms with Crippen LogP contribution in [0.4, 0.5) is 20.2 Å². The molecule has 1 saturated heterocycles. The van der Waals surface area contributed by atoms with Crippen LogP contribution in [0.3, 0.4) is 0 Å². The summed E-state index contributed by atoms with van der Waals surface area (Å²) in [7, 11) is 0. The Labute approximate surface area is 162 Å². The molecule has 2 atom stereocenters. The molecule has 2 aromatic carbocycles. The maximum absolute atomic E-state index is 13.5. The van der Waals surface area contributed by atoms with Crippen LogP contribution < -0.4 is 10.1 Å². The van der Waals surface area contributed by atoms with Gasteiger partial charge in [0.2, 0.25) is 5.91 Å². The average molecular weight is 385 g/mol. The quantitative estimate of drug-likeness (QED) is 0.772. The maximum Gasteiger partial charge on any atom is 0.237 e. The predicted octanol–water partition coefficient (Wildman–Crippen LogP) is 3.69. The van der Waals surface area contributed by atoms with E-state index in [1.807, 2.05) is 0 Å². The summed E-state index contributed by atoms with van der Waals surface area (Å²) in [5, 5.41) is 2.72. The van der Waals surface area contributed by atoms with Gasteiger partial charge >= 0.3 is 0 Å². The highest BCUT2D eigenvalue weighted by atomic mass is 19.1. The van der Waals surface area contributed by atoms with Gasteiger partial charge in [0.1, 0.15) is 30.3 Å². The molecule has 0 radical (unpaired) electrons. The summed E-state index contributed by atoms with van der Waals surface area (Å²) in [5.41, 5.74) is 1.87. The minimum absolute atomic E-state index is 0.221. The van der Waals surface area contributed by atoms with Gasteiger partial charge < -0.3 is 10.1 Å². The summed E-state index contributed by atoms with van der Waals surface area (Å²) >= 11 is 0. The Kier molecular flexibility index (Phi) is 5.34. The Hall–Kier alpha value is -2.80. The van der Waals surface area contributed by atoms with E-state index in [4.69, 9.17) is 4.74 Å². The minimum Gasteiger partial charge on any atom is -0.492 e. The summed E-state index contributed by atoms with van der Waals surface area (Å²) in [6.45, 7) is 2.46. The van der Waals surface area contributed by atoms with Gasteiger partial charge in [-0.15, -0.1) is 0 Å². The van der Waals surface area contributed by atoms with Crippen molar-refractivity contribution in [3.63, 3.8) is 0 Å². The number of nitrogens with zero attached hydrogens (tertiary/aromatic N) is 2. The highest BCUT2D eigenvalue weighted by Gasteiger charge is 2.29. The molecule has 0 bridgehead atoms. The number of benzene rings is 2. The number of ether oxygens (including phenoxy) is 1. The van der Waals surface area contributed by atoms with E-state index >= 15 is 0 Å². The third-order valence-corrected chi connectivity index (χ3v) is 4.99. The van der Waals surface area contributed by atoms with Gasteiger partial charge in [-0.05, 0) is 54.4 Å². The van der Waals surface area contributed by atoms with Gasteiger partial charge in [-0.3, -0.25) is 14.7 Å². The number of rotatable bonds is 6. The van der Waals surface area contributed by atoms with Crippen molar-refractivity contribution in [2.24, 2.45) is 4.99 Å². The second-order valence-electron chi connectivity index (χ2n) is 7.01.